The number of rotatable bonds is 4. The van der Waals surface area contributed by atoms with Crippen LogP contribution in [0.5, 0.6) is 0 Å². The molecule has 130 valence electrons. The molecule has 0 aliphatic heterocycles. The van der Waals surface area contributed by atoms with Gasteiger partial charge in [-0.05, 0) is 30.3 Å². The molecule has 2 N–H and O–H groups in total. The first kappa shape index (κ1) is 18.1. The molecule has 0 atom stereocenters. The molecule has 0 aliphatic carbocycles. The maximum absolute atomic E-state index is 12.3. The van der Waals surface area contributed by atoms with Crippen LogP contribution >= 0.6 is 0 Å². The number of hydrogen-bond acceptors (Lipinski definition) is 4. The van der Waals surface area contributed by atoms with Crippen LogP contribution < -0.4 is 10.6 Å². The average molecular weight is 341 g/mol. The van der Waals surface area contributed by atoms with Crippen LogP contribution in [0, 0.1) is 15.5 Å². The Morgan fingerprint density at radius 2 is 1.60 bits per heavy atom. The van der Waals surface area contributed by atoms with Crippen molar-refractivity contribution in [3.8, 4) is 0 Å². The maximum atomic E-state index is 12.3. The van der Waals surface area contributed by atoms with Gasteiger partial charge in [0, 0.05) is 34.5 Å². The Kier molecular flexibility index (Phi) is 5.17. The van der Waals surface area contributed by atoms with E-state index in [2.05, 4.69) is 10.6 Å². The molecule has 2 aromatic rings. The zero-order valence-corrected chi connectivity index (χ0v) is 14.2. The predicted molar refractivity (Wildman–Crippen MR) is 95.6 cm³/mol. The fourth-order valence-corrected chi connectivity index (χ4v) is 1.93. The minimum Gasteiger partial charge on any atom is -0.326 e. The number of amides is 2. The Morgan fingerprint density at radius 3 is 2.16 bits per heavy atom. The lowest BCUT2D eigenvalue weighted by molar-refractivity contribution is -0.384. The Balaban J connectivity index is 2.10. The lowest BCUT2D eigenvalue weighted by Gasteiger charge is -2.18. The lowest BCUT2D eigenvalue weighted by Crippen LogP contribution is -2.27. The molecule has 0 bridgehead atoms. The largest absolute Gasteiger partial charge is 0.326 e. The van der Waals surface area contributed by atoms with Crippen LogP contribution in [-0.4, -0.2) is 16.7 Å². The van der Waals surface area contributed by atoms with Crippen molar-refractivity contribution < 1.29 is 14.5 Å². The summed E-state index contributed by atoms with van der Waals surface area (Å²) >= 11 is 0. The minimum atomic E-state index is -0.545. The van der Waals surface area contributed by atoms with Crippen LogP contribution in [0.15, 0.2) is 48.5 Å². The lowest BCUT2D eigenvalue weighted by atomic mass is 9.95. The SMILES string of the molecule is CC(C)(C)C(=O)Nc1cccc(C(=O)Nc2ccc([N+](=O)[O-])cc2)c1. The quantitative estimate of drug-likeness (QED) is 0.651. The van der Waals surface area contributed by atoms with E-state index in [0.717, 1.165) is 0 Å². The summed E-state index contributed by atoms with van der Waals surface area (Å²) < 4.78 is 0. The Bertz CT molecular complexity index is 808. The van der Waals surface area contributed by atoms with Crippen LogP contribution in [0.1, 0.15) is 31.1 Å². The molecule has 0 saturated heterocycles. The van der Waals surface area contributed by atoms with Crippen LogP contribution in [-0.2, 0) is 4.79 Å². The molecule has 7 heteroatoms. The molecule has 0 radical (unpaired) electrons. The second-order valence-corrected chi connectivity index (χ2v) is 6.54. The summed E-state index contributed by atoms with van der Waals surface area (Å²) in [7, 11) is 0. The first-order chi connectivity index (χ1) is 11.7. The smallest absolute Gasteiger partial charge is 0.269 e. The molecule has 0 aliphatic rings. The van der Waals surface area contributed by atoms with Gasteiger partial charge in [-0.1, -0.05) is 26.8 Å². The standard InChI is InChI=1S/C18H19N3O4/c1-18(2,3)17(23)20-14-6-4-5-12(11-14)16(22)19-13-7-9-15(10-8-13)21(24)25/h4-11H,1-3H3,(H,19,22)(H,20,23). The van der Waals surface area contributed by atoms with Crippen LogP contribution in [0.25, 0.3) is 0 Å². The third-order valence-corrected chi connectivity index (χ3v) is 3.40. The van der Waals surface area contributed by atoms with Gasteiger partial charge in [-0.2, -0.15) is 0 Å². The van der Waals surface area contributed by atoms with Crippen molar-refractivity contribution in [2.75, 3.05) is 10.6 Å². The summed E-state index contributed by atoms with van der Waals surface area (Å²) in [6.45, 7) is 5.40. The maximum Gasteiger partial charge on any atom is 0.269 e. The third kappa shape index (κ3) is 4.87. The highest BCUT2D eigenvalue weighted by molar-refractivity contribution is 6.05. The van der Waals surface area contributed by atoms with E-state index in [-0.39, 0.29) is 17.5 Å². The monoisotopic (exact) mass is 341 g/mol. The summed E-state index contributed by atoms with van der Waals surface area (Å²) in [5.41, 5.74) is 0.739. The highest BCUT2D eigenvalue weighted by atomic mass is 16.6. The highest BCUT2D eigenvalue weighted by Gasteiger charge is 2.21. The van der Waals surface area contributed by atoms with Crippen molar-refractivity contribution in [3.63, 3.8) is 0 Å². The molecular formula is C18H19N3O4. The van der Waals surface area contributed by atoms with E-state index in [1.807, 2.05) is 0 Å². The number of non-ortho nitro benzene ring substituents is 1. The Labute approximate surface area is 145 Å². The van der Waals surface area contributed by atoms with Gasteiger partial charge < -0.3 is 10.6 Å². The summed E-state index contributed by atoms with van der Waals surface area (Å²) in [6, 6.07) is 12.1. The first-order valence-electron chi connectivity index (χ1n) is 7.64. The number of nitro groups is 1. The zero-order chi connectivity index (χ0) is 18.6. The molecule has 2 aromatic carbocycles. The molecule has 0 fully saturated rings. The average Bonchev–Trinajstić information content (AvgIpc) is 2.54. The Hall–Kier alpha value is -3.22. The number of anilines is 2. The number of hydrogen-bond donors (Lipinski definition) is 2. The van der Waals surface area contributed by atoms with Gasteiger partial charge in [0.1, 0.15) is 0 Å². The van der Waals surface area contributed by atoms with Crippen molar-refractivity contribution in [2.24, 2.45) is 5.41 Å². The zero-order valence-electron chi connectivity index (χ0n) is 14.2. The third-order valence-electron chi connectivity index (χ3n) is 3.40. The van der Waals surface area contributed by atoms with Crippen molar-refractivity contribution in [3.05, 3.63) is 64.2 Å². The van der Waals surface area contributed by atoms with Gasteiger partial charge in [-0.25, -0.2) is 0 Å². The molecule has 2 amide bonds. The van der Waals surface area contributed by atoms with Gasteiger partial charge in [0.2, 0.25) is 5.91 Å². The van der Waals surface area contributed by atoms with Crippen molar-refractivity contribution in [2.45, 2.75) is 20.8 Å². The number of nitrogens with one attached hydrogen (secondary N) is 2. The topological polar surface area (TPSA) is 101 Å². The van der Waals surface area contributed by atoms with Gasteiger partial charge in [0.05, 0.1) is 4.92 Å². The van der Waals surface area contributed by atoms with E-state index in [9.17, 15) is 19.7 Å². The molecule has 25 heavy (non-hydrogen) atoms. The van der Waals surface area contributed by atoms with Crippen LogP contribution in [0.3, 0.4) is 0 Å². The highest BCUT2D eigenvalue weighted by Crippen LogP contribution is 2.20. The van der Waals surface area contributed by atoms with Gasteiger partial charge in [-0.15, -0.1) is 0 Å². The summed E-state index contributed by atoms with van der Waals surface area (Å²) in [6.07, 6.45) is 0. The van der Waals surface area contributed by atoms with E-state index in [1.165, 1.54) is 24.3 Å². The predicted octanol–water partition coefficient (Wildman–Crippen LogP) is 3.83. The number of carbonyl (C=O) groups is 2. The second-order valence-electron chi connectivity index (χ2n) is 6.54. The van der Waals surface area contributed by atoms with Gasteiger partial charge in [0.15, 0.2) is 0 Å². The van der Waals surface area contributed by atoms with E-state index in [0.29, 0.717) is 16.9 Å². The molecule has 0 saturated carbocycles. The van der Waals surface area contributed by atoms with Gasteiger partial charge >= 0.3 is 0 Å². The van der Waals surface area contributed by atoms with Crippen molar-refractivity contribution >= 4 is 28.9 Å². The summed E-state index contributed by atoms with van der Waals surface area (Å²) in [4.78, 5) is 34.5. The van der Waals surface area contributed by atoms with Gasteiger partial charge in [0.25, 0.3) is 11.6 Å². The molecule has 0 heterocycles. The molecule has 0 spiro atoms. The van der Waals surface area contributed by atoms with Gasteiger partial charge in [-0.3, -0.25) is 19.7 Å². The first-order valence-corrected chi connectivity index (χ1v) is 7.64. The van der Waals surface area contributed by atoms with Crippen LogP contribution in [0.2, 0.25) is 0 Å². The van der Waals surface area contributed by atoms with E-state index in [4.69, 9.17) is 0 Å². The molecule has 0 unspecified atom stereocenters. The molecular weight excluding hydrogens is 322 g/mol. The fourth-order valence-electron chi connectivity index (χ4n) is 1.93. The molecule has 7 nitrogen and oxygen atoms in total. The number of nitro benzene ring substituents is 1. The van der Waals surface area contributed by atoms with E-state index in [1.54, 1.807) is 45.0 Å². The van der Waals surface area contributed by atoms with Crippen molar-refractivity contribution in [1.29, 1.82) is 0 Å². The van der Waals surface area contributed by atoms with Crippen molar-refractivity contribution in [1.82, 2.24) is 0 Å². The fraction of sp³-hybridized carbons (Fsp3) is 0.222. The number of carbonyl (C=O) groups excluding carboxylic acids is 2. The second kappa shape index (κ2) is 7.12. The molecule has 0 aromatic heterocycles. The summed E-state index contributed by atoms with van der Waals surface area (Å²) in [5.74, 6) is -0.527. The van der Waals surface area contributed by atoms with E-state index < -0.39 is 10.3 Å². The summed E-state index contributed by atoms with van der Waals surface area (Å²) in [5, 5.41) is 16.1. The number of nitrogens with zero attached hydrogens (tertiary/aromatic N) is 1. The van der Waals surface area contributed by atoms with Crippen LogP contribution in [0.4, 0.5) is 17.1 Å². The normalized spacial score (nSPS) is 10.8. The Morgan fingerprint density at radius 1 is 0.960 bits per heavy atom. The molecule has 2 rings (SSSR count). The van der Waals surface area contributed by atoms with E-state index >= 15 is 0 Å². The number of benzene rings is 2. The minimum absolute atomic E-state index is 0.0510.